The van der Waals surface area contributed by atoms with Crippen LogP contribution in [-0.4, -0.2) is 43.3 Å². The molecule has 112 valence electrons. The van der Waals surface area contributed by atoms with E-state index in [1.54, 1.807) is 6.92 Å². The van der Waals surface area contributed by atoms with Gasteiger partial charge in [-0.05, 0) is 25.8 Å². The maximum Gasteiger partial charge on any atom is 0.352 e. The molecule has 0 saturated carbocycles. The van der Waals surface area contributed by atoms with Gasteiger partial charge in [-0.25, -0.2) is 17.9 Å². The average molecular weight is 302 g/mol. The van der Waals surface area contributed by atoms with Crippen molar-refractivity contribution >= 4 is 16.0 Å². The van der Waals surface area contributed by atoms with Gasteiger partial charge in [-0.15, -0.1) is 0 Å². The zero-order chi connectivity index (χ0) is 14.8. The first kappa shape index (κ1) is 15.0. The largest absolute Gasteiger partial charge is 0.477 e. The third-order valence-electron chi connectivity index (χ3n) is 3.27. The summed E-state index contributed by atoms with van der Waals surface area (Å²) < 4.78 is 33.4. The van der Waals surface area contributed by atoms with Gasteiger partial charge in [0.25, 0.3) is 0 Å². The molecule has 1 fully saturated rings. The van der Waals surface area contributed by atoms with Crippen molar-refractivity contribution in [3.63, 3.8) is 0 Å². The van der Waals surface area contributed by atoms with Gasteiger partial charge in [0.05, 0.1) is 6.10 Å². The summed E-state index contributed by atoms with van der Waals surface area (Å²) in [4.78, 5) is 11.0. The Labute approximate surface area is 117 Å². The minimum Gasteiger partial charge on any atom is -0.477 e. The Morgan fingerprint density at radius 1 is 1.60 bits per heavy atom. The van der Waals surface area contributed by atoms with E-state index in [4.69, 9.17) is 9.84 Å². The summed E-state index contributed by atoms with van der Waals surface area (Å²) in [7, 11) is -3.71. The number of rotatable bonds is 6. The minimum atomic E-state index is -3.71. The predicted octanol–water partition coefficient (Wildman–Crippen LogP) is 0.663. The van der Waals surface area contributed by atoms with E-state index in [-0.39, 0.29) is 23.2 Å². The highest BCUT2D eigenvalue weighted by Crippen LogP contribution is 2.16. The molecule has 0 bridgehead atoms. The second-order valence-electron chi connectivity index (χ2n) is 4.64. The number of carboxylic acid groups (broad SMARTS) is 1. The van der Waals surface area contributed by atoms with Crippen LogP contribution in [0.5, 0.6) is 0 Å². The molecule has 1 atom stereocenters. The lowest BCUT2D eigenvalue weighted by atomic mass is 10.2. The van der Waals surface area contributed by atoms with E-state index in [1.165, 1.54) is 16.8 Å². The van der Waals surface area contributed by atoms with Gasteiger partial charge in [0.2, 0.25) is 10.0 Å². The number of nitrogens with one attached hydrogen (secondary N) is 1. The van der Waals surface area contributed by atoms with Gasteiger partial charge in [0.1, 0.15) is 10.6 Å². The van der Waals surface area contributed by atoms with Crippen molar-refractivity contribution in [2.75, 3.05) is 13.2 Å². The quantitative estimate of drug-likeness (QED) is 0.804. The summed E-state index contributed by atoms with van der Waals surface area (Å²) in [5.74, 6) is -1.15. The molecule has 2 heterocycles. The highest BCUT2D eigenvalue weighted by atomic mass is 32.2. The van der Waals surface area contributed by atoms with Crippen molar-refractivity contribution in [1.29, 1.82) is 0 Å². The van der Waals surface area contributed by atoms with Crippen molar-refractivity contribution in [3.05, 3.63) is 18.0 Å². The molecule has 2 N–H and O–H groups in total. The van der Waals surface area contributed by atoms with Gasteiger partial charge >= 0.3 is 5.97 Å². The molecule has 20 heavy (non-hydrogen) atoms. The number of aromatic nitrogens is 1. The monoisotopic (exact) mass is 302 g/mol. The number of aromatic carboxylic acids is 1. The molecule has 1 aliphatic rings. The van der Waals surface area contributed by atoms with Gasteiger partial charge in [0, 0.05) is 25.9 Å². The molecule has 0 radical (unpaired) electrons. The van der Waals surface area contributed by atoms with Crippen molar-refractivity contribution in [1.82, 2.24) is 9.29 Å². The van der Waals surface area contributed by atoms with Crippen molar-refractivity contribution in [2.45, 2.75) is 37.3 Å². The van der Waals surface area contributed by atoms with Crippen LogP contribution in [0.25, 0.3) is 0 Å². The van der Waals surface area contributed by atoms with Crippen LogP contribution in [0.1, 0.15) is 30.3 Å². The average Bonchev–Trinajstić information content (AvgIpc) is 3.05. The molecule has 0 aliphatic carbocycles. The molecule has 0 aromatic carbocycles. The fourth-order valence-corrected chi connectivity index (χ4v) is 3.27. The number of ether oxygens (including phenoxy) is 1. The zero-order valence-electron chi connectivity index (χ0n) is 11.2. The van der Waals surface area contributed by atoms with Crippen molar-refractivity contribution in [3.8, 4) is 0 Å². The Bertz CT molecular complexity index is 587. The van der Waals surface area contributed by atoms with Crippen molar-refractivity contribution in [2.24, 2.45) is 0 Å². The highest BCUT2D eigenvalue weighted by Gasteiger charge is 2.23. The fraction of sp³-hybridized carbons (Fsp3) is 0.583. The maximum atomic E-state index is 12.1. The fourth-order valence-electron chi connectivity index (χ4n) is 2.16. The Hall–Kier alpha value is -1.38. The third kappa shape index (κ3) is 3.20. The second kappa shape index (κ2) is 5.94. The molecule has 1 aromatic rings. The number of aryl methyl sites for hydroxylation is 1. The van der Waals surface area contributed by atoms with E-state index in [0.29, 0.717) is 13.2 Å². The summed E-state index contributed by atoms with van der Waals surface area (Å²) in [6.45, 7) is 3.01. The standard InChI is InChI=1S/C12H18N2O5S/c1-2-14-8-10(6-11(14)12(15)16)20(17,18)13-7-9-4-3-5-19-9/h6,8-9,13H,2-5,7H2,1H3,(H,15,16). The molecule has 7 nitrogen and oxygen atoms in total. The maximum absolute atomic E-state index is 12.1. The van der Waals surface area contributed by atoms with Crippen LogP contribution in [0, 0.1) is 0 Å². The first-order valence-corrected chi connectivity index (χ1v) is 7.97. The Balaban J connectivity index is 2.14. The molecule has 2 rings (SSSR count). The minimum absolute atomic E-state index is 0.0326. The smallest absolute Gasteiger partial charge is 0.352 e. The lowest BCUT2D eigenvalue weighted by molar-refractivity contribution is 0.0685. The summed E-state index contributed by atoms with van der Waals surface area (Å²) in [5.41, 5.74) is -0.0370. The number of nitrogens with zero attached hydrogens (tertiary/aromatic N) is 1. The second-order valence-corrected chi connectivity index (χ2v) is 6.41. The van der Waals surface area contributed by atoms with Crippen LogP contribution in [0.4, 0.5) is 0 Å². The number of hydrogen-bond donors (Lipinski definition) is 2. The van der Waals surface area contributed by atoms with Gasteiger partial charge < -0.3 is 14.4 Å². The number of carboxylic acids is 1. The number of carbonyl (C=O) groups is 1. The Morgan fingerprint density at radius 2 is 2.35 bits per heavy atom. The Morgan fingerprint density at radius 3 is 2.85 bits per heavy atom. The van der Waals surface area contributed by atoms with Gasteiger partial charge in [-0.2, -0.15) is 0 Å². The molecule has 8 heteroatoms. The SMILES string of the molecule is CCn1cc(S(=O)(=O)NCC2CCCO2)cc1C(=O)O. The van der Waals surface area contributed by atoms with Gasteiger partial charge in [0.15, 0.2) is 0 Å². The summed E-state index contributed by atoms with van der Waals surface area (Å²) >= 11 is 0. The van der Waals surface area contributed by atoms with Crippen molar-refractivity contribution < 1.29 is 23.1 Å². The zero-order valence-corrected chi connectivity index (χ0v) is 12.0. The van der Waals surface area contributed by atoms with Crippen LogP contribution in [0.3, 0.4) is 0 Å². The molecule has 1 unspecified atom stereocenters. The topological polar surface area (TPSA) is 97.6 Å². The molecule has 1 saturated heterocycles. The van der Waals surface area contributed by atoms with Crippen LogP contribution >= 0.6 is 0 Å². The van der Waals surface area contributed by atoms with E-state index < -0.39 is 16.0 Å². The first-order valence-electron chi connectivity index (χ1n) is 6.48. The highest BCUT2D eigenvalue weighted by molar-refractivity contribution is 7.89. The van der Waals surface area contributed by atoms with E-state index in [2.05, 4.69) is 4.72 Å². The molecule has 0 amide bonds. The first-order chi connectivity index (χ1) is 9.44. The lowest BCUT2D eigenvalue weighted by Crippen LogP contribution is -2.31. The molecule has 0 spiro atoms. The summed E-state index contributed by atoms with van der Waals surface area (Å²) in [6, 6.07) is 1.17. The third-order valence-corrected chi connectivity index (χ3v) is 4.66. The van der Waals surface area contributed by atoms with Crippen LogP contribution in [0.2, 0.25) is 0 Å². The molecular weight excluding hydrogens is 284 g/mol. The molecular formula is C12H18N2O5S. The van der Waals surface area contributed by atoms with Gasteiger partial charge in [-0.3, -0.25) is 0 Å². The van der Waals surface area contributed by atoms with E-state index in [9.17, 15) is 13.2 Å². The predicted molar refractivity (Wildman–Crippen MR) is 71.2 cm³/mol. The summed E-state index contributed by atoms with van der Waals surface area (Å²) in [6.07, 6.45) is 3.00. The van der Waals surface area contributed by atoms with Crippen LogP contribution in [0.15, 0.2) is 17.2 Å². The molecule has 1 aliphatic heterocycles. The van der Waals surface area contributed by atoms with Crippen LogP contribution in [-0.2, 0) is 21.3 Å². The van der Waals surface area contributed by atoms with E-state index in [0.717, 1.165) is 12.8 Å². The Kier molecular flexibility index (Phi) is 4.46. The van der Waals surface area contributed by atoms with Crippen LogP contribution < -0.4 is 4.72 Å². The summed E-state index contributed by atoms with van der Waals surface area (Å²) in [5, 5.41) is 9.02. The lowest BCUT2D eigenvalue weighted by Gasteiger charge is -2.10. The van der Waals surface area contributed by atoms with Gasteiger partial charge in [-0.1, -0.05) is 0 Å². The van der Waals surface area contributed by atoms with E-state index in [1.807, 2.05) is 0 Å². The number of sulfonamides is 1. The number of hydrogen-bond acceptors (Lipinski definition) is 4. The normalized spacial score (nSPS) is 19.4. The van der Waals surface area contributed by atoms with E-state index >= 15 is 0 Å². The molecule has 1 aromatic heterocycles.